The molecule has 4 saturated heterocycles. The number of rotatable bonds is 4. The lowest BCUT2D eigenvalue weighted by atomic mass is 9.93. The number of carbonyl (C=O) groups excluding carboxylic acids is 4. The summed E-state index contributed by atoms with van der Waals surface area (Å²) < 4.78 is 0. The lowest BCUT2D eigenvalue weighted by molar-refractivity contribution is 0.0676. The Morgan fingerprint density at radius 3 is 0.974 bits per heavy atom. The van der Waals surface area contributed by atoms with Crippen molar-refractivity contribution in [3.8, 4) is 0 Å². The second-order valence-corrected chi connectivity index (χ2v) is 10.7. The smallest absolute Gasteiger partial charge is 0.254 e. The van der Waals surface area contributed by atoms with Crippen LogP contribution in [0.1, 0.15) is 80.0 Å². The topological polar surface area (TPSA) is 105 Å². The number of nitrogens with one attached hydrogen (secondary N) is 2. The van der Waals surface area contributed by atoms with Gasteiger partial charge in [-0.2, -0.15) is 0 Å². The van der Waals surface area contributed by atoms with Gasteiger partial charge >= 0.3 is 0 Å². The van der Waals surface area contributed by atoms with Crippen molar-refractivity contribution >= 4 is 23.6 Å². The summed E-state index contributed by atoms with van der Waals surface area (Å²) in [6.07, 6.45) is 5.85. The van der Waals surface area contributed by atoms with E-state index in [1.54, 1.807) is 31.7 Å². The van der Waals surface area contributed by atoms with Crippen molar-refractivity contribution in [1.82, 2.24) is 30.2 Å². The Bertz CT molecular complexity index is 889. The van der Waals surface area contributed by atoms with Crippen molar-refractivity contribution in [1.29, 1.82) is 0 Å². The minimum Gasteiger partial charge on any atom is -0.339 e. The van der Waals surface area contributed by atoms with Gasteiger partial charge in [-0.25, -0.2) is 0 Å². The van der Waals surface area contributed by atoms with E-state index in [4.69, 9.17) is 0 Å². The molecule has 0 unspecified atom stereocenters. The number of carbonyl (C=O) groups is 4. The summed E-state index contributed by atoms with van der Waals surface area (Å²) in [4.78, 5) is 62.5. The zero-order valence-electron chi connectivity index (χ0n) is 22.3. The fraction of sp³-hybridized carbons (Fsp3) is 0.643. The summed E-state index contributed by atoms with van der Waals surface area (Å²) in [7, 11) is 0. The van der Waals surface area contributed by atoms with Gasteiger partial charge in [-0.05, 0) is 50.7 Å². The monoisotopic (exact) mass is 524 g/mol. The van der Waals surface area contributed by atoms with Gasteiger partial charge in [0.1, 0.15) is 0 Å². The molecule has 1 aromatic rings. The standard InChI is InChI=1S/C28H40N6O4/c35-25(31-11-3-1-4-12-31)21-19-23(27(37)33-15-7-29-8-16-33)24(28(38)34-17-9-30-10-18-34)20-22(21)26(36)32-13-5-2-6-14-32/h19-20,29-30H,1-18H2. The lowest BCUT2D eigenvalue weighted by Gasteiger charge is -2.32. The predicted octanol–water partition coefficient (Wildman–Crippen LogP) is 1.03. The van der Waals surface area contributed by atoms with E-state index in [0.29, 0.717) is 78.5 Å². The highest BCUT2D eigenvalue weighted by Crippen LogP contribution is 2.26. The van der Waals surface area contributed by atoms with Gasteiger partial charge < -0.3 is 30.2 Å². The van der Waals surface area contributed by atoms with E-state index in [1.165, 1.54) is 0 Å². The number of likely N-dealkylation sites (tertiary alicyclic amines) is 2. The lowest BCUT2D eigenvalue weighted by Crippen LogP contribution is -2.48. The molecule has 4 fully saturated rings. The molecule has 2 N–H and O–H groups in total. The summed E-state index contributed by atoms with van der Waals surface area (Å²) in [5.74, 6) is -0.953. The van der Waals surface area contributed by atoms with Gasteiger partial charge in [0.05, 0.1) is 22.3 Å². The van der Waals surface area contributed by atoms with E-state index in [0.717, 1.165) is 38.5 Å². The van der Waals surface area contributed by atoms with Crippen molar-refractivity contribution in [2.24, 2.45) is 0 Å². The molecule has 0 atom stereocenters. The molecule has 38 heavy (non-hydrogen) atoms. The van der Waals surface area contributed by atoms with Crippen LogP contribution in [-0.4, -0.2) is 122 Å². The first-order chi connectivity index (χ1) is 18.5. The number of piperidine rings is 2. The minimum atomic E-state index is -0.255. The summed E-state index contributed by atoms with van der Waals surface area (Å²) in [5.41, 5.74) is 0.951. The van der Waals surface area contributed by atoms with Crippen LogP contribution in [0.2, 0.25) is 0 Å². The van der Waals surface area contributed by atoms with E-state index in [2.05, 4.69) is 10.6 Å². The molecular weight excluding hydrogens is 484 g/mol. The third-order valence-corrected chi connectivity index (χ3v) is 8.17. The van der Waals surface area contributed by atoms with Crippen LogP contribution in [0.4, 0.5) is 0 Å². The normalized spacial score (nSPS) is 20.8. The Labute approximate surface area is 224 Å². The van der Waals surface area contributed by atoms with Gasteiger partial charge in [0.25, 0.3) is 23.6 Å². The zero-order chi connectivity index (χ0) is 26.5. The molecule has 0 aliphatic carbocycles. The molecule has 0 saturated carbocycles. The second kappa shape index (κ2) is 12.3. The molecule has 0 spiro atoms. The Morgan fingerprint density at radius 1 is 0.421 bits per heavy atom. The Kier molecular flexibility index (Phi) is 8.58. The maximum atomic E-state index is 13.9. The van der Waals surface area contributed by atoms with Crippen LogP contribution >= 0.6 is 0 Å². The molecule has 5 rings (SSSR count). The molecule has 1 aromatic carbocycles. The zero-order valence-corrected chi connectivity index (χ0v) is 22.3. The first-order valence-electron chi connectivity index (χ1n) is 14.3. The van der Waals surface area contributed by atoms with Crippen LogP contribution in [0, 0.1) is 0 Å². The van der Waals surface area contributed by atoms with Gasteiger partial charge in [0.2, 0.25) is 0 Å². The molecular formula is C28H40N6O4. The first kappa shape index (κ1) is 26.6. The predicted molar refractivity (Wildman–Crippen MR) is 143 cm³/mol. The van der Waals surface area contributed by atoms with E-state index in [1.807, 2.05) is 0 Å². The largest absolute Gasteiger partial charge is 0.339 e. The molecule has 0 bridgehead atoms. The molecule has 0 radical (unpaired) electrons. The van der Waals surface area contributed by atoms with Crippen molar-refractivity contribution < 1.29 is 19.2 Å². The minimum absolute atomic E-state index is 0.222. The third kappa shape index (κ3) is 5.71. The quantitative estimate of drug-likeness (QED) is 0.610. The maximum Gasteiger partial charge on any atom is 0.254 e. The fourth-order valence-electron chi connectivity index (χ4n) is 5.92. The average Bonchev–Trinajstić information content (AvgIpc) is 3.00. The first-order valence-corrected chi connectivity index (χ1v) is 14.3. The van der Waals surface area contributed by atoms with Crippen LogP contribution in [-0.2, 0) is 0 Å². The third-order valence-electron chi connectivity index (χ3n) is 8.17. The molecule has 10 heteroatoms. The Balaban J connectivity index is 1.60. The van der Waals surface area contributed by atoms with E-state index < -0.39 is 0 Å². The average molecular weight is 525 g/mol. The number of piperazine rings is 2. The molecule has 4 amide bonds. The van der Waals surface area contributed by atoms with Crippen LogP contribution < -0.4 is 10.6 Å². The summed E-state index contributed by atoms with van der Waals surface area (Å²) in [6.45, 7) is 7.39. The van der Waals surface area contributed by atoms with Gasteiger partial charge in [-0.1, -0.05) is 0 Å². The summed E-state index contributed by atoms with van der Waals surface area (Å²) in [6, 6.07) is 3.13. The molecule has 4 heterocycles. The van der Waals surface area contributed by atoms with Gasteiger partial charge in [-0.3, -0.25) is 19.2 Å². The highest BCUT2D eigenvalue weighted by molar-refractivity contribution is 6.14. The Hall–Kier alpha value is -2.98. The maximum absolute atomic E-state index is 13.9. The molecule has 10 nitrogen and oxygen atoms in total. The molecule has 206 valence electrons. The fourth-order valence-corrected chi connectivity index (χ4v) is 5.92. The van der Waals surface area contributed by atoms with Crippen LogP contribution in [0.15, 0.2) is 12.1 Å². The number of hydrogen-bond acceptors (Lipinski definition) is 6. The molecule has 4 aliphatic rings. The van der Waals surface area contributed by atoms with E-state index >= 15 is 0 Å². The van der Waals surface area contributed by atoms with Crippen LogP contribution in [0.25, 0.3) is 0 Å². The Morgan fingerprint density at radius 2 is 0.684 bits per heavy atom. The second-order valence-electron chi connectivity index (χ2n) is 10.7. The van der Waals surface area contributed by atoms with Crippen molar-refractivity contribution in [3.63, 3.8) is 0 Å². The summed E-state index contributed by atoms with van der Waals surface area (Å²) >= 11 is 0. The van der Waals surface area contributed by atoms with E-state index in [-0.39, 0.29) is 45.9 Å². The van der Waals surface area contributed by atoms with Crippen LogP contribution in [0.5, 0.6) is 0 Å². The van der Waals surface area contributed by atoms with Gasteiger partial charge in [0.15, 0.2) is 0 Å². The highest BCUT2D eigenvalue weighted by atomic mass is 16.2. The van der Waals surface area contributed by atoms with Crippen molar-refractivity contribution in [2.75, 3.05) is 78.5 Å². The number of amides is 4. The van der Waals surface area contributed by atoms with Crippen LogP contribution in [0.3, 0.4) is 0 Å². The van der Waals surface area contributed by atoms with Crippen molar-refractivity contribution in [3.05, 3.63) is 34.4 Å². The highest BCUT2D eigenvalue weighted by Gasteiger charge is 2.33. The number of nitrogens with zero attached hydrogens (tertiary/aromatic N) is 4. The van der Waals surface area contributed by atoms with Crippen molar-refractivity contribution in [2.45, 2.75) is 38.5 Å². The molecule has 0 aromatic heterocycles. The number of hydrogen-bond donors (Lipinski definition) is 2. The van der Waals surface area contributed by atoms with Gasteiger partial charge in [-0.15, -0.1) is 0 Å². The van der Waals surface area contributed by atoms with E-state index in [9.17, 15) is 19.2 Å². The SMILES string of the molecule is O=C(c1cc(C(=O)N2CCNCC2)c(C(=O)N2CCNCC2)cc1C(=O)N1CCCCC1)N1CCCCC1. The summed E-state index contributed by atoms with van der Waals surface area (Å²) in [5, 5.41) is 6.51. The number of benzene rings is 1. The molecule has 4 aliphatic heterocycles. The van der Waals surface area contributed by atoms with Gasteiger partial charge in [0, 0.05) is 78.5 Å².